The minimum absolute atomic E-state index is 0.782. The van der Waals surface area contributed by atoms with Gasteiger partial charge in [-0.25, -0.2) is 0 Å². The van der Waals surface area contributed by atoms with Crippen LogP contribution in [0.4, 0.5) is 5.69 Å². The van der Waals surface area contributed by atoms with Crippen LogP contribution >= 0.6 is 23.5 Å². The SMILES string of the molecule is c1ccc(N2CCN(C3CCCN(C4CSCCSC4)C3)CC2)cc1. The van der Waals surface area contributed by atoms with Crippen molar-refractivity contribution >= 4 is 29.2 Å². The number of hydrogen-bond donors (Lipinski definition) is 0. The summed E-state index contributed by atoms with van der Waals surface area (Å²) in [6, 6.07) is 12.5. The van der Waals surface area contributed by atoms with Crippen molar-refractivity contribution < 1.29 is 0 Å². The Kier molecular flexibility index (Phi) is 6.51. The van der Waals surface area contributed by atoms with Gasteiger partial charge in [-0.2, -0.15) is 23.5 Å². The summed E-state index contributed by atoms with van der Waals surface area (Å²) < 4.78 is 0. The van der Waals surface area contributed by atoms with E-state index in [-0.39, 0.29) is 0 Å². The van der Waals surface area contributed by atoms with Crippen LogP contribution in [0.25, 0.3) is 0 Å². The molecule has 1 unspecified atom stereocenters. The highest BCUT2D eigenvalue weighted by Gasteiger charge is 2.31. The average molecular weight is 378 g/mol. The quantitative estimate of drug-likeness (QED) is 0.798. The zero-order valence-electron chi connectivity index (χ0n) is 15.2. The summed E-state index contributed by atoms with van der Waals surface area (Å²) in [5.74, 6) is 5.39. The first kappa shape index (κ1) is 18.0. The number of anilines is 1. The number of para-hydroxylation sites is 1. The van der Waals surface area contributed by atoms with Gasteiger partial charge in [0.25, 0.3) is 0 Å². The van der Waals surface area contributed by atoms with Crippen molar-refractivity contribution in [1.82, 2.24) is 9.80 Å². The molecule has 0 radical (unpaired) electrons. The zero-order valence-corrected chi connectivity index (χ0v) is 16.8. The lowest BCUT2D eigenvalue weighted by atomic mass is 10.0. The van der Waals surface area contributed by atoms with Crippen molar-refractivity contribution in [2.45, 2.75) is 24.9 Å². The molecular weight excluding hydrogens is 346 g/mol. The van der Waals surface area contributed by atoms with Crippen LogP contribution in [0.5, 0.6) is 0 Å². The van der Waals surface area contributed by atoms with Gasteiger partial charge in [-0.3, -0.25) is 9.80 Å². The summed E-state index contributed by atoms with van der Waals surface area (Å²) in [7, 11) is 0. The lowest BCUT2D eigenvalue weighted by Crippen LogP contribution is -2.57. The van der Waals surface area contributed by atoms with Gasteiger partial charge in [0.1, 0.15) is 0 Å². The van der Waals surface area contributed by atoms with Gasteiger partial charge >= 0.3 is 0 Å². The molecule has 4 rings (SSSR count). The zero-order chi connectivity index (χ0) is 16.9. The van der Waals surface area contributed by atoms with E-state index in [4.69, 9.17) is 0 Å². The van der Waals surface area contributed by atoms with Gasteiger partial charge in [0, 0.05) is 73.5 Å². The molecule has 5 heteroatoms. The minimum Gasteiger partial charge on any atom is -0.369 e. The minimum atomic E-state index is 0.782. The highest BCUT2D eigenvalue weighted by atomic mass is 32.2. The molecule has 0 bridgehead atoms. The molecule has 0 saturated carbocycles. The number of hydrogen-bond acceptors (Lipinski definition) is 5. The average Bonchev–Trinajstić information content (AvgIpc) is 2.99. The Morgan fingerprint density at radius 1 is 0.760 bits per heavy atom. The molecule has 3 aliphatic heterocycles. The van der Waals surface area contributed by atoms with Crippen molar-refractivity contribution in [3.05, 3.63) is 30.3 Å². The first-order valence-electron chi connectivity index (χ1n) is 9.84. The number of piperidine rings is 1. The molecule has 138 valence electrons. The van der Waals surface area contributed by atoms with Gasteiger partial charge in [0.05, 0.1) is 0 Å². The summed E-state index contributed by atoms with van der Waals surface area (Å²) in [6.07, 6.45) is 2.78. The fourth-order valence-electron chi connectivity index (χ4n) is 4.41. The smallest absolute Gasteiger partial charge is 0.0367 e. The molecule has 1 aromatic rings. The highest BCUT2D eigenvalue weighted by molar-refractivity contribution is 8.03. The van der Waals surface area contributed by atoms with Gasteiger partial charge in [-0.05, 0) is 31.5 Å². The Bertz CT molecular complexity index is 511. The van der Waals surface area contributed by atoms with Crippen LogP contribution in [-0.4, -0.2) is 84.2 Å². The van der Waals surface area contributed by atoms with Crippen molar-refractivity contribution in [2.24, 2.45) is 0 Å². The van der Waals surface area contributed by atoms with Crippen molar-refractivity contribution in [2.75, 3.05) is 67.2 Å². The molecule has 3 heterocycles. The normalized spacial score (nSPS) is 28.0. The van der Waals surface area contributed by atoms with Crippen LogP contribution in [-0.2, 0) is 0 Å². The van der Waals surface area contributed by atoms with E-state index in [1.54, 1.807) is 0 Å². The van der Waals surface area contributed by atoms with Crippen LogP contribution < -0.4 is 4.90 Å². The Morgan fingerprint density at radius 3 is 2.20 bits per heavy atom. The number of piperazine rings is 1. The maximum Gasteiger partial charge on any atom is 0.0367 e. The predicted octanol–water partition coefficient (Wildman–Crippen LogP) is 3.12. The van der Waals surface area contributed by atoms with Crippen LogP contribution in [0, 0.1) is 0 Å². The van der Waals surface area contributed by atoms with E-state index in [1.807, 2.05) is 0 Å². The number of rotatable bonds is 3. The molecule has 0 N–H and O–H groups in total. The Balaban J connectivity index is 1.30. The molecule has 3 fully saturated rings. The third-order valence-electron chi connectivity index (χ3n) is 5.89. The Labute approximate surface area is 161 Å². The van der Waals surface area contributed by atoms with Crippen LogP contribution in [0.2, 0.25) is 0 Å². The molecular formula is C20H31N3S2. The standard InChI is InChI=1S/C20H31N3S2/c1-2-5-18(6-3-1)21-9-11-22(12-10-21)19-7-4-8-23(15-19)20-16-24-13-14-25-17-20/h1-3,5-6,19-20H,4,7-17H2. The summed E-state index contributed by atoms with van der Waals surface area (Å²) in [6.45, 7) is 7.43. The fraction of sp³-hybridized carbons (Fsp3) is 0.700. The number of benzene rings is 1. The topological polar surface area (TPSA) is 9.72 Å². The molecule has 3 nitrogen and oxygen atoms in total. The van der Waals surface area contributed by atoms with Gasteiger partial charge in [-0.1, -0.05) is 18.2 Å². The molecule has 1 aromatic carbocycles. The monoisotopic (exact) mass is 377 g/mol. The maximum absolute atomic E-state index is 2.82. The summed E-state index contributed by atoms with van der Waals surface area (Å²) in [5, 5.41) is 0. The number of thioether (sulfide) groups is 2. The summed E-state index contributed by atoms with van der Waals surface area (Å²) in [5.41, 5.74) is 1.39. The van der Waals surface area contributed by atoms with E-state index in [0.717, 1.165) is 12.1 Å². The summed E-state index contributed by atoms with van der Waals surface area (Å²) >= 11 is 4.34. The second kappa shape index (κ2) is 9.03. The Hall–Kier alpha value is -0.360. The van der Waals surface area contributed by atoms with Crippen molar-refractivity contribution in [3.8, 4) is 0 Å². The first-order chi connectivity index (χ1) is 12.4. The lowest BCUT2D eigenvalue weighted by Gasteiger charge is -2.45. The molecule has 0 spiro atoms. The largest absolute Gasteiger partial charge is 0.369 e. The number of likely N-dealkylation sites (tertiary alicyclic amines) is 1. The molecule has 1 atom stereocenters. The van der Waals surface area contributed by atoms with E-state index in [9.17, 15) is 0 Å². The fourth-order valence-corrected chi connectivity index (χ4v) is 7.04. The van der Waals surface area contributed by atoms with E-state index >= 15 is 0 Å². The molecule has 25 heavy (non-hydrogen) atoms. The highest BCUT2D eigenvalue weighted by Crippen LogP contribution is 2.26. The second-order valence-corrected chi connectivity index (χ2v) is 9.75. The van der Waals surface area contributed by atoms with E-state index in [2.05, 4.69) is 68.6 Å². The van der Waals surface area contributed by atoms with Gasteiger partial charge < -0.3 is 4.90 Å². The number of nitrogens with zero attached hydrogens (tertiary/aromatic N) is 3. The maximum atomic E-state index is 2.82. The molecule has 0 aliphatic carbocycles. The van der Waals surface area contributed by atoms with Crippen LogP contribution in [0.1, 0.15) is 12.8 Å². The third kappa shape index (κ3) is 4.68. The molecule has 3 aliphatic rings. The van der Waals surface area contributed by atoms with Gasteiger partial charge in [-0.15, -0.1) is 0 Å². The van der Waals surface area contributed by atoms with Crippen molar-refractivity contribution in [1.29, 1.82) is 0 Å². The van der Waals surface area contributed by atoms with Gasteiger partial charge in [0.2, 0.25) is 0 Å². The Morgan fingerprint density at radius 2 is 1.48 bits per heavy atom. The van der Waals surface area contributed by atoms with E-state index in [0.29, 0.717) is 0 Å². The second-order valence-electron chi connectivity index (χ2n) is 7.45. The molecule has 0 aromatic heterocycles. The van der Waals surface area contributed by atoms with Crippen molar-refractivity contribution in [3.63, 3.8) is 0 Å². The molecule has 0 amide bonds. The van der Waals surface area contributed by atoms with E-state index < -0.39 is 0 Å². The van der Waals surface area contributed by atoms with Crippen LogP contribution in [0.15, 0.2) is 30.3 Å². The molecule has 3 saturated heterocycles. The van der Waals surface area contributed by atoms with Gasteiger partial charge in [0.15, 0.2) is 0 Å². The first-order valence-corrected chi connectivity index (χ1v) is 12.1. The van der Waals surface area contributed by atoms with Crippen LogP contribution in [0.3, 0.4) is 0 Å². The predicted molar refractivity (Wildman–Crippen MR) is 113 cm³/mol. The summed E-state index contributed by atoms with van der Waals surface area (Å²) in [4.78, 5) is 8.15. The lowest BCUT2D eigenvalue weighted by molar-refractivity contribution is 0.0783. The third-order valence-corrected chi connectivity index (χ3v) is 8.37. The van der Waals surface area contributed by atoms with E-state index in [1.165, 1.54) is 80.8 Å².